The first-order chi connectivity index (χ1) is 8.99. The molecule has 1 aliphatic rings. The third-order valence-corrected chi connectivity index (χ3v) is 4.48. The van der Waals surface area contributed by atoms with E-state index in [1.54, 1.807) is 12.3 Å². The van der Waals surface area contributed by atoms with Crippen LogP contribution in [0.25, 0.3) is 10.9 Å². The van der Waals surface area contributed by atoms with E-state index >= 15 is 0 Å². The number of Topliss-reactive ketones (excluding diaryl/α,β-unsaturated/α-hetero) is 1. The lowest BCUT2D eigenvalue weighted by atomic mass is 9.78. The van der Waals surface area contributed by atoms with Crippen molar-refractivity contribution in [2.24, 2.45) is 11.3 Å². The fraction of sp³-hybridized carbons (Fsp3) is 0.438. The zero-order valence-corrected chi connectivity index (χ0v) is 11.3. The van der Waals surface area contributed by atoms with Gasteiger partial charge in [0.2, 0.25) is 0 Å². The molecule has 100 valence electrons. The van der Waals surface area contributed by atoms with Gasteiger partial charge in [-0.1, -0.05) is 20.3 Å². The van der Waals surface area contributed by atoms with Crippen molar-refractivity contribution in [3.8, 4) is 0 Å². The van der Waals surface area contributed by atoms with E-state index in [0.29, 0.717) is 11.1 Å². The van der Waals surface area contributed by atoms with Crippen LogP contribution in [0.4, 0.5) is 4.39 Å². The van der Waals surface area contributed by atoms with Crippen LogP contribution in [0.15, 0.2) is 24.4 Å². The lowest BCUT2D eigenvalue weighted by Crippen LogP contribution is -2.25. The van der Waals surface area contributed by atoms with Crippen LogP contribution in [0.1, 0.15) is 43.5 Å². The summed E-state index contributed by atoms with van der Waals surface area (Å²) in [6.07, 6.45) is 4.89. The van der Waals surface area contributed by atoms with Gasteiger partial charge in [-0.2, -0.15) is 0 Å². The van der Waals surface area contributed by atoms with Gasteiger partial charge in [0.1, 0.15) is 5.82 Å². The number of hydrogen-bond acceptors (Lipinski definition) is 1. The summed E-state index contributed by atoms with van der Waals surface area (Å²) in [6, 6.07) is 4.54. The van der Waals surface area contributed by atoms with Crippen LogP contribution in [0.5, 0.6) is 0 Å². The summed E-state index contributed by atoms with van der Waals surface area (Å²) in [4.78, 5) is 15.7. The normalized spacial score (nSPS) is 21.9. The Kier molecular flexibility index (Phi) is 2.73. The first-order valence-corrected chi connectivity index (χ1v) is 6.80. The SMILES string of the molecule is CC1(C)CCCC1C(=O)c1c[nH]c2cc(F)ccc12. The fourth-order valence-electron chi connectivity index (χ4n) is 3.30. The predicted octanol–water partition coefficient (Wildman–Crippen LogP) is 4.32. The number of nitrogens with one attached hydrogen (secondary N) is 1. The van der Waals surface area contributed by atoms with Crippen LogP contribution in [-0.2, 0) is 0 Å². The molecule has 3 heteroatoms. The second kappa shape index (κ2) is 4.19. The van der Waals surface area contributed by atoms with Crippen molar-refractivity contribution in [3.63, 3.8) is 0 Å². The van der Waals surface area contributed by atoms with Crippen LogP contribution in [0, 0.1) is 17.2 Å². The Morgan fingerprint density at radius 2 is 2.21 bits per heavy atom. The maximum absolute atomic E-state index is 13.2. The average Bonchev–Trinajstić information content (AvgIpc) is 2.90. The number of aromatic nitrogens is 1. The largest absolute Gasteiger partial charge is 0.360 e. The summed E-state index contributed by atoms with van der Waals surface area (Å²) < 4.78 is 13.2. The Balaban J connectivity index is 2.03. The Morgan fingerprint density at radius 1 is 1.42 bits per heavy atom. The van der Waals surface area contributed by atoms with Crippen molar-refractivity contribution >= 4 is 16.7 Å². The molecule has 0 spiro atoms. The van der Waals surface area contributed by atoms with Crippen LogP contribution in [0.3, 0.4) is 0 Å². The predicted molar refractivity (Wildman–Crippen MR) is 73.7 cm³/mol. The maximum atomic E-state index is 13.2. The standard InChI is InChI=1S/C16H18FNO/c1-16(2)7-3-4-13(16)15(19)12-9-18-14-8-10(17)5-6-11(12)14/h5-6,8-9,13,18H,3-4,7H2,1-2H3. The van der Waals surface area contributed by atoms with Gasteiger partial charge in [0.25, 0.3) is 0 Å². The number of ketones is 1. The van der Waals surface area contributed by atoms with Crippen molar-refractivity contribution in [1.29, 1.82) is 0 Å². The number of carbonyl (C=O) groups is 1. The van der Waals surface area contributed by atoms with E-state index in [-0.39, 0.29) is 22.9 Å². The first-order valence-electron chi connectivity index (χ1n) is 6.80. The first kappa shape index (κ1) is 12.4. The molecule has 1 N–H and O–H groups in total. The van der Waals surface area contributed by atoms with Gasteiger partial charge in [0.05, 0.1) is 0 Å². The fourth-order valence-corrected chi connectivity index (χ4v) is 3.30. The van der Waals surface area contributed by atoms with Gasteiger partial charge < -0.3 is 4.98 Å². The molecule has 0 bridgehead atoms. The van der Waals surface area contributed by atoms with E-state index in [9.17, 15) is 9.18 Å². The van der Waals surface area contributed by atoms with E-state index in [1.807, 2.05) is 0 Å². The minimum Gasteiger partial charge on any atom is -0.360 e. The van der Waals surface area contributed by atoms with Crippen LogP contribution >= 0.6 is 0 Å². The van der Waals surface area contributed by atoms with Gasteiger partial charge in [-0.3, -0.25) is 4.79 Å². The Hall–Kier alpha value is -1.64. The van der Waals surface area contributed by atoms with Crippen molar-refractivity contribution in [3.05, 3.63) is 35.8 Å². The number of fused-ring (bicyclic) bond motifs is 1. The van der Waals surface area contributed by atoms with Crippen molar-refractivity contribution in [2.75, 3.05) is 0 Å². The lowest BCUT2D eigenvalue weighted by Gasteiger charge is -2.25. The summed E-state index contributed by atoms with van der Waals surface area (Å²) in [5.74, 6) is -0.00791. The second-order valence-corrected chi connectivity index (χ2v) is 6.19. The van der Waals surface area contributed by atoms with Gasteiger partial charge in [-0.15, -0.1) is 0 Å². The number of rotatable bonds is 2. The minimum absolute atomic E-state index is 0.0701. The number of halogens is 1. The van der Waals surface area contributed by atoms with Gasteiger partial charge in [-0.25, -0.2) is 4.39 Å². The van der Waals surface area contributed by atoms with Crippen LogP contribution < -0.4 is 0 Å². The maximum Gasteiger partial charge on any atom is 0.168 e. The molecule has 1 heterocycles. The zero-order chi connectivity index (χ0) is 13.6. The van der Waals surface area contributed by atoms with Crippen LogP contribution in [0.2, 0.25) is 0 Å². The molecule has 1 aromatic carbocycles. The monoisotopic (exact) mass is 259 g/mol. The van der Waals surface area contributed by atoms with E-state index in [1.165, 1.54) is 12.1 Å². The third-order valence-electron chi connectivity index (χ3n) is 4.48. The highest BCUT2D eigenvalue weighted by Crippen LogP contribution is 2.44. The highest BCUT2D eigenvalue weighted by Gasteiger charge is 2.40. The molecule has 19 heavy (non-hydrogen) atoms. The molecule has 1 atom stereocenters. The topological polar surface area (TPSA) is 32.9 Å². The third kappa shape index (κ3) is 1.97. The van der Waals surface area contributed by atoms with E-state index in [0.717, 1.165) is 24.6 Å². The molecule has 1 unspecified atom stereocenters. The van der Waals surface area contributed by atoms with Crippen molar-refractivity contribution in [2.45, 2.75) is 33.1 Å². The number of aromatic amines is 1. The average molecular weight is 259 g/mol. The quantitative estimate of drug-likeness (QED) is 0.801. The Labute approximate surface area is 112 Å². The zero-order valence-electron chi connectivity index (χ0n) is 11.3. The summed E-state index contributed by atoms with van der Waals surface area (Å²) in [6.45, 7) is 4.33. The molecule has 1 aliphatic carbocycles. The molecule has 0 radical (unpaired) electrons. The highest BCUT2D eigenvalue weighted by molar-refractivity contribution is 6.09. The van der Waals surface area contributed by atoms with Gasteiger partial charge in [0, 0.05) is 28.6 Å². The molecule has 1 fully saturated rings. The Bertz CT molecular complexity index is 641. The summed E-state index contributed by atoms with van der Waals surface area (Å²) in [7, 11) is 0. The van der Waals surface area contributed by atoms with Crippen molar-refractivity contribution < 1.29 is 9.18 Å². The minimum atomic E-state index is -0.283. The molecule has 0 amide bonds. The molecular formula is C16H18FNO. The molecule has 1 aromatic heterocycles. The second-order valence-electron chi connectivity index (χ2n) is 6.19. The van der Waals surface area contributed by atoms with Crippen molar-refractivity contribution in [1.82, 2.24) is 4.98 Å². The molecule has 0 saturated heterocycles. The molecular weight excluding hydrogens is 241 g/mol. The highest BCUT2D eigenvalue weighted by atomic mass is 19.1. The van der Waals surface area contributed by atoms with E-state index < -0.39 is 0 Å². The van der Waals surface area contributed by atoms with Gasteiger partial charge in [-0.05, 0) is 36.5 Å². The van der Waals surface area contributed by atoms with Gasteiger partial charge >= 0.3 is 0 Å². The van der Waals surface area contributed by atoms with E-state index in [2.05, 4.69) is 18.8 Å². The lowest BCUT2D eigenvalue weighted by molar-refractivity contribution is 0.0841. The molecule has 0 aliphatic heterocycles. The summed E-state index contributed by atoms with van der Waals surface area (Å²) in [5, 5.41) is 0.828. The number of H-pyrrole nitrogens is 1. The number of benzene rings is 1. The Morgan fingerprint density at radius 3 is 2.89 bits per heavy atom. The molecule has 3 rings (SSSR count). The molecule has 2 nitrogen and oxygen atoms in total. The van der Waals surface area contributed by atoms with E-state index in [4.69, 9.17) is 0 Å². The number of hydrogen-bond donors (Lipinski definition) is 1. The summed E-state index contributed by atoms with van der Waals surface area (Å²) >= 11 is 0. The van der Waals surface area contributed by atoms with Gasteiger partial charge in [0.15, 0.2) is 5.78 Å². The van der Waals surface area contributed by atoms with Crippen LogP contribution in [-0.4, -0.2) is 10.8 Å². The molecule has 1 saturated carbocycles. The smallest absolute Gasteiger partial charge is 0.168 e. The molecule has 2 aromatic rings. The summed E-state index contributed by atoms with van der Waals surface area (Å²) in [5.41, 5.74) is 1.47. The number of carbonyl (C=O) groups excluding carboxylic acids is 1.